The van der Waals surface area contributed by atoms with Crippen LogP contribution in [0.1, 0.15) is 41.6 Å². The van der Waals surface area contributed by atoms with Gasteiger partial charge in [0.1, 0.15) is 0 Å². The summed E-state index contributed by atoms with van der Waals surface area (Å²) in [7, 11) is 1.70. The first-order chi connectivity index (χ1) is 9.60. The second-order valence-electron chi connectivity index (χ2n) is 5.37. The van der Waals surface area contributed by atoms with Crippen LogP contribution in [0.4, 0.5) is 0 Å². The summed E-state index contributed by atoms with van der Waals surface area (Å²) in [5, 5.41) is 3.58. The van der Waals surface area contributed by atoms with Crippen molar-refractivity contribution in [3.8, 4) is 0 Å². The number of benzene rings is 1. The van der Waals surface area contributed by atoms with E-state index in [2.05, 4.69) is 45.1 Å². The molecule has 0 fully saturated rings. The molecule has 20 heavy (non-hydrogen) atoms. The molecule has 0 spiro atoms. The van der Waals surface area contributed by atoms with Crippen LogP contribution in [0.25, 0.3) is 0 Å². The van der Waals surface area contributed by atoms with Gasteiger partial charge in [-0.15, -0.1) is 0 Å². The van der Waals surface area contributed by atoms with Gasteiger partial charge in [-0.2, -0.15) is 0 Å². The van der Waals surface area contributed by atoms with Crippen molar-refractivity contribution < 1.29 is 9.47 Å². The van der Waals surface area contributed by atoms with Crippen LogP contribution >= 0.6 is 0 Å². The van der Waals surface area contributed by atoms with E-state index in [1.54, 1.807) is 7.11 Å². The lowest BCUT2D eigenvalue weighted by Crippen LogP contribution is -2.27. The second kappa shape index (κ2) is 9.11. The van der Waals surface area contributed by atoms with Gasteiger partial charge in [0, 0.05) is 7.11 Å². The fourth-order valence-electron chi connectivity index (χ4n) is 2.28. The largest absolute Gasteiger partial charge is 0.382 e. The molecule has 0 aliphatic heterocycles. The fraction of sp³-hybridized carbons (Fsp3) is 0.647. The molecule has 0 aromatic heterocycles. The van der Waals surface area contributed by atoms with E-state index in [9.17, 15) is 0 Å². The monoisotopic (exact) mass is 279 g/mol. The third-order valence-electron chi connectivity index (χ3n) is 3.61. The molecule has 1 aromatic carbocycles. The van der Waals surface area contributed by atoms with Crippen LogP contribution in [0.3, 0.4) is 0 Å². The average molecular weight is 279 g/mol. The van der Waals surface area contributed by atoms with Gasteiger partial charge in [0.25, 0.3) is 0 Å². The maximum Gasteiger partial charge on any atom is 0.0701 e. The maximum atomic E-state index is 5.73. The van der Waals surface area contributed by atoms with Crippen LogP contribution < -0.4 is 5.32 Å². The van der Waals surface area contributed by atoms with Crippen molar-refractivity contribution in [1.29, 1.82) is 0 Å². The van der Waals surface area contributed by atoms with Gasteiger partial charge in [0.15, 0.2) is 0 Å². The molecule has 0 saturated carbocycles. The number of methoxy groups -OCH3 is 1. The molecule has 0 saturated heterocycles. The van der Waals surface area contributed by atoms with E-state index in [0.717, 1.165) is 13.0 Å². The Morgan fingerprint density at radius 1 is 1.05 bits per heavy atom. The summed E-state index contributed by atoms with van der Waals surface area (Å²) in [6.07, 6.45) is 1.12. The SMILES string of the molecule is CCCNC(COCCOC)c1cc(C)c(C)cc1C. The standard InChI is InChI=1S/C17H29NO2/c1-6-7-18-17(12-20-9-8-19-5)16-11-14(3)13(2)10-15(16)4/h10-11,17-18H,6-9,12H2,1-5H3. The van der Waals surface area contributed by atoms with Gasteiger partial charge >= 0.3 is 0 Å². The summed E-state index contributed by atoms with van der Waals surface area (Å²) in [5.41, 5.74) is 5.36. The van der Waals surface area contributed by atoms with Crippen molar-refractivity contribution in [2.75, 3.05) is 33.5 Å². The van der Waals surface area contributed by atoms with Crippen LogP contribution in [-0.4, -0.2) is 33.5 Å². The molecule has 0 aliphatic carbocycles. The molecular weight excluding hydrogens is 250 g/mol. The van der Waals surface area contributed by atoms with Crippen molar-refractivity contribution in [2.24, 2.45) is 0 Å². The van der Waals surface area contributed by atoms with Crippen molar-refractivity contribution in [3.05, 3.63) is 34.4 Å². The second-order valence-corrected chi connectivity index (χ2v) is 5.37. The van der Waals surface area contributed by atoms with Crippen LogP contribution in [0.2, 0.25) is 0 Å². The molecule has 1 N–H and O–H groups in total. The van der Waals surface area contributed by atoms with Gasteiger partial charge in [-0.25, -0.2) is 0 Å². The van der Waals surface area contributed by atoms with Gasteiger partial charge in [0.2, 0.25) is 0 Å². The van der Waals surface area contributed by atoms with Crippen molar-refractivity contribution in [3.63, 3.8) is 0 Å². The molecule has 1 atom stereocenters. The summed E-state index contributed by atoms with van der Waals surface area (Å²) in [5.74, 6) is 0. The lowest BCUT2D eigenvalue weighted by atomic mass is 9.96. The molecule has 0 radical (unpaired) electrons. The third kappa shape index (κ3) is 5.23. The zero-order valence-electron chi connectivity index (χ0n) is 13.6. The quantitative estimate of drug-likeness (QED) is 0.703. The smallest absolute Gasteiger partial charge is 0.0701 e. The Hall–Kier alpha value is -0.900. The predicted octanol–water partition coefficient (Wildman–Crippen LogP) is 3.32. The lowest BCUT2D eigenvalue weighted by molar-refractivity contribution is 0.0585. The molecule has 0 aliphatic rings. The fourth-order valence-corrected chi connectivity index (χ4v) is 2.28. The number of hydrogen-bond acceptors (Lipinski definition) is 3. The summed E-state index contributed by atoms with van der Waals surface area (Å²) in [4.78, 5) is 0. The summed E-state index contributed by atoms with van der Waals surface area (Å²) >= 11 is 0. The molecule has 3 heteroatoms. The summed E-state index contributed by atoms with van der Waals surface area (Å²) in [6.45, 7) is 11.7. The molecule has 114 valence electrons. The Bertz CT molecular complexity index is 404. The summed E-state index contributed by atoms with van der Waals surface area (Å²) in [6, 6.07) is 4.81. The van der Waals surface area contributed by atoms with Gasteiger partial charge in [0.05, 0.1) is 25.9 Å². The molecule has 1 unspecified atom stereocenters. The van der Waals surface area contributed by atoms with E-state index >= 15 is 0 Å². The van der Waals surface area contributed by atoms with Crippen LogP contribution in [-0.2, 0) is 9.47 Å². The van der Waals surface area contributed by atoms with E-state index in [0.29, 0.717) is 19.8 Å². The number of aryl methyl sites for hydroxylation is 3. The highest BCUT2D eigenvalue weighted by Crippen LogP contribution is 2.22. The summed E-state index contributed by atoms with van der Waals surface area (Å²) < 4.78 is 10.7. The average Bonchev–Trinajstić information content (AvgIpc) is 2.42. The van der Waals surface area contributed by atoms with E-state index < -0.39 is 0 Å². The topological polar surface area (TPSA) is 30.5 Å². The number of nitrogens with one attached hydrogen (secondary N) is 1. The Kier molecular flexibility index (Phi) is 7.82. The highest BCUT2D eigenvalue weighted by Gasteiger charge is 2.14. The van der Waals surface area contributed by atoms with Crippen LogP contribution in [0.5, 0.6) is 0 Å². The number of ether oxygens (including phenoxy) is 2. The first kappa shape index (κ1) is 17.2. The van der Waals surface area contributed by atoms with E-state index in [-0.39, 0.29) is 6.04 Å². The molecular formula is C17H29NO2. The van der Waals surface area contributed by atoms with Crippen LogP contribution in [0.15, 0.2) is 12.1 Å². The van der Waals surface area contributed by atoms with Gasteiger partial charge in [-0.1, -0.05) is 19.1 Å². The lowest BCUT2D eigenvalue weighted by Gasteiger charge is -2.22. The molecule has 0 bridgehead atoms. The van der Waals surface area contributed by atoms with E-state index in [1.165, 1.54) is 22.3 Å². The van der Waals surface area contributed by atoms with Gasteiger partial charge < -0.3 is 14.8 Å². The molecule has 0 amide bonds. The first-order valence-electron chi connectivity index (χ1n) is 7.48. The Balaban J connectivity index is 2.78. The molecule has 0 heterocycles. The van der Waals surface area contributed by atoms with Crippen molar-refractivity contribution in [2.45, 2.75) is 40.2 Å². The number of hydrogen-bond donors (Lipinski definition) is 1. The first-order valence-corrected chi connectivity index (χ1v) is 7.48. The predicted molar refractivity (Wildman–Crippen MR) is 84.4 cm³/mol. The van der Waals surface area contributed by atoms with Crippen molar-refractivity contribution >= 4 is 0 Å². The molecule has 1 rings (SSSR count). The van der Waals surface area contributed by atoms with Gasteiger partial charge in [-0.05, 0) is 56.0 Å². The van der Waals surface area contributed by atoms with E-state index in [1.807, 2.05) is 0 Å². The minimum atomic E-state index is 0.256. The highest BCUT2D eigenvalue weighted by molar-refractivity contribution is 5.38. The molecule has 1 aromatic rings. The normalized spacial score (nSPS) is 12.7. The van der Waals surface area contributed by atoms with Crippen LogP contribution in [0, 0.1) is 20.8 Å². The zero-order chi connectivity index (χ0) is 15.0. The molecule has 3 nitrogen and oxygen atoms in total. The Morgan fingerprint density at radius 3 is 2.40 bits per heavy atom. The number of rotatable bonds is 9. The Morgan fingerprint density at radius 2 is 1.75 bits per heavy atom. The van der Waals surface area contributed by atoms with Crippen molar-refractivity contribution in [1.82, 2.24) is 5.32 Å². The highest BCUT2D eigenvalue weighted by atomic mass is 16.5. The Labute approximate surface area is 123 Å². The van der Waals surface area contributed by atoms with E-state index in [4.69, 9.17) is 9.47 Å². The maximum absolute atomic E-state index is 5.73. The van der Waals surface area contributed by atoms with Gasteiger partial charge in [-0.3, -0.25) is 0 Å². The zero-order valence-corrected chi connectivity index (χ0v) is 13.6. The minimum absolute atomic E-state index is 0.256. The third-order valence-corrected chi connectivity index (χ3v) is 3.61. The minimum Gasteiger partial charge on any atom is -0.382 e.